The largest absolute Gasteiger partial charge is 0.384 e. The molecule has 1 nitrogen and oxygen atoms in total. The van der Waals surface area contributed by atoms with Crippen LogP contribution in [0.4, 0.5) is 5.69 Å². The Morgan fingerprint density at radius 3 is 2.40 bits per heavy atom. The predicted molar refractivity (Wildman–Crippen MR) is 70.4 cm³/mol. The smallest absolute Gasteiger partial charge is 0.0340 e. The topological polar surface area (TPSA) is 12.0 Å². The molecule has 1 rings (SSSR count). The van der Waals surface area contributed by atoms with Crippen LogP contribution in [0.2, 0.25) is 0 Å². The molecule has 0 saturated carbocycles. The summed E-state index contributed by atoms with van der Waals surface area (Å²) in [5, 5.41) is 3.52. The van der Waals surface area contributed by atoms with Crippen molar-refractivity contribution < 1.29 is 1.43 Å². The van der Waals surface area contributed by atoms with Gasteiger partial charge in [-0.2, -0.15) is 0 Å². The Bertz CT molecular complexity index is 273. The van der Waals surface area contributed by atoms with E-state index in [-0.39, 0.29) is 1.43 Å². The van der Waals surface area contributed by atoms with Gasteiger partial charge in [0.1, 0.15) is 0 Å². The van der Waals surface area contributed by atoms with Gasteiger partial charge in [0.15, 0.2) is 0 Å². The van der Waals surface area contributed by atoms with E-state index < -0.39 is 0 Å². The Labute approximate surface area is 95.4 Å². The summed E-state index contributed by atoms with van der Waals surface area (Å²) in [6.07, 6.45) is 3.80. The first kappa shape index (κ1) is 12.1. The Kier molecular flexibility index (Phi) is 4.67. The number of hydrogen-bond donors (Lipinski definition) is 1. The summed E-state index contributed by atoms with van der Waals surface area (Å²) in [4.78, 5) is 0. The van der Waals surface area contributed by atoms with E-state index in [9.17, 15) is 0 Å². The highest BCUT2D eigenvalue weighted by Gasteiger charge is 2.20. The van der Waals surface area contributed by atoms with Gasteiger partial charge >= 0.3 is 0 Å². The minimum absolute atomic E-state index is 0. The van der Waals surface area contributed by atoms with Crippen LogP contribution in [0.15, 0.2) is 30.3 Å². The molecule has 0 bridgehead atoms. The van der Waals surface area contributed by atoms with Gasteiger partial charge in [0.25, 0.3) is 0 Å². The molecule has 0 aromatic heterocycles. The molecular formula is C14H25N. The van der Waals surface area contributed by atoms with E-state index in [1.807, 2.05) is 0 Å². The van der Waals surface area contributed by atoms with E-state index in [0.717, 1.165) is 6.54 Å². The van der Waals surface area contributed by atoms with Gasteiger partial charge in [-0.15, -0.1) is 0 Å². The lowest BCUT2D eigenvalue weighted by Crippen LogP contribution is -2.25. The zero-order valence-electron chi connectivity index (χ0n) is 10.2. The van der Waals surface area contributed by atoms with E-state index in [1.165, 1.54) is 24.9 Å². The predicted octanol–water partition coefficient (Wildman–Crippen LogP) is 4.56. The molecular weight excluding hydrogens is 182 g/mol. The van der Waals surface area contributed by atoms with E-state index in [4.69, 9.17) is 0 Å². The maximum atomic E-state index is 3.52. The average molecular weight is 207 g/mol. The van der Waals surface area contributed by atoms with Gasteiger partial charge in [-0.3, -0.25) is 0 Å². The molecule has 15 heavy (non-hydrogen) atoms. The number of para-hydroxylation sites is 1. The quantitative estimate of drug-likeness (QED) is 0.721. The average Bonchev–Trinajstić information content (AvgIpc) is 2.28. The van der Waals surface area contributed by atoms with Gasteiger partial charge in [-0.05, 0) is 30.4 Å². The summed E-state index contributed by atoms with van der Waals surface area (Å²) < 4.78 is 0. The van der Waals surface area contributed by atoms with E-state index in [1.54, 1.807) is 0 Å². The van der Waals surface area contributed by atoms with Crippen LogP contribution < -0.4 is 5.32 Å². The molecule has 0 aliphatic carbocycles. The third-order valence-electron chi connectivity index (χ3n) is 3.20. The Hall–Kier alpha value is -0.980. The molecule has 1 unspecified atom stereocenters. The van der Waals surface area contributed by atoms with Crippen LogP contribution in [0.1, 0.15) is 41.5 Å². The number of nitrogens with one attached hydrogen (secondary N) is 1. The number of benzene rings is 1. The molecule has 1 aromatic carbocycles. The molecule has 0 radical (unpaired) electrons. The zero-order chi connectivity index (χ0) is 11.1. The van der Waals surface area contributed by atoms with E-state index in [2.05, 4.69) is 56.4 Å². The number of hydrogen-bond acceptors (Lipinski definition) is 1. The Balaban J connectivity index is 0.00000225. The van der Waals surface area contributed by atoms with Crippen LogP contribution in [0, 0.1) is 5.41 Å². The summed E-state index contributed by atoms with van der Waals surface area (Å²) in [5.41, 5.74) is 1.66. The van der Waals surface area contributed by atoms with Crippen LogP contribution in [-0.2, 0) is 0 Å². The molecule has 0 aliphatic heterocycles. The second-order valence-electron chi connectivity index (χ2n) is 4.63. The van der Waals surface area contributed by atoms with Crippen molar-refractivity contribution >= 4 is 5.69 Å². The highest BCUT2D eigenvalue weighted by molar-refractivity contribution is 5.42. The standard InChI is InChI=1S/C14H23N.H2/c1-4-11-14(3,5-2)12-15-13-9-7-6-8-10-13;/h6-10,15H,4-5,11-12H2,1-3H3;1H. The third-order valence-corrected chi connectivity index (χ3v) is 3.20. The van der Waals surface area contributed by atoms with Crippen LogP contribution in [0.3, 0.4) is 0 Å². The number of rotatable bonds is 6. The first-order valence-corrected chi connectivity index (χ1v) is 5.99. The van der Waals surface area contributed by atoms with Crippen molar-refractivity contribution in [3.8, 4) is 0 Å². The summed E-state index contributed by atoms with van der Waals surface area (Å²) in [6.45, 7) is 7.98. The third kappa shape index (κ3) is 3.94. The van der Waals surface area contributed by atoms with Crippen molar-refractivity contribution in [3.63, 3.8) is 0 Å². The van der Waals surface area contributed by atoms with Crippen molar-refractivity contribution in [1.82, 2.24) is 0 Å². The molecule has 86 valence electrons. The SMILES string of the molecule is CCCC(C)(CC)CNc1ccccc1.[HH]. The van der Waals surface area contributed by atoms with Gasteiger partial charge in [-0.1, -0.05) is 45.4 Å². The van der Waals surface area contributed by atoms with Crippen LogP contribution in [0.25, 0.3) is 0 Å². The fourth-order valence-electron chi connectivity index (χ4n) is 1.87. The first-order chi connectivity index (χ1) is 7.20. The second-order valence-corrected chi connectivity index (χ2v) is 4.63. The lowest BCUT2D eigenvalue weighted by atomic mass is 9.83. The van der Waals surface area contributed by atoms with Gasteiger partial charge in [0, 0.05) is 13.7 Å². The van der Waals surface area contributed by atoms with Crippen LogP contribution in [0.5, 0.6) is 0 Å². The monoisotopic (exact) mass is 207 g/mol. The summed E-state index contributed by atoms with van der Waals surface area (Å²) in [5.74, 6) is 0. The molecule has 0 fully saturated rings. The molecule has 0 spiro atoms. The van der Waals surface area contributed by atoms with E-state index in [0.29, 0.717) is 5.41 Å². The Morgan fingerprint density at radius 2 is 1.87 bits per heavy atom. The Morgan fingerprint density at radius 1 is 1.20 bits per heavy atom. The summed E-state index contributed by atoms with van der Waals surface area (Å²) in [7, 11) is 0. The summed E-state index contributed by atoms with van der Waals surface area (Å²) in [6, 6.07) is 10.5. The lowest BCUT2D eigenvalue weighted by molar-refractivity contribution is 0.303. The van der Waals surface area contributed by atoms with Crippen molar-refractivity contribution in [3.05, 3.63) is 30.3 Å². The van der Waals surface area contributed by atoms with Crippen molar-refractivity contribution in [1.29, 1.82) is 0 Å². The molecule has 1 atom stereocenters. The number of anilines is 1. The highest BCUT2D eigenvalue weighted by atomic mass is 14.9. The van der Waals surface area contributed by atoms with Crippen LogP contribution >= 0.6 is 0 Å². The summed E-state index contributed by atoms with van der Waals surface area (Å²) >= 11 is 0. The van der Waals surface area contributed by atoms with Gasteiger partial charge in [0.05, 0.1) is 0 Å². The molecule has 0 heterocycles. The molecule has 1 aromatic rings. The second kappa shape index (κ2) is 5.79. The molecule has 1 N–H and O–H groups in total. The van der Waals surface area contributed by atoms with Crippen molar-refractivity contribution in [2.24, 2.45) is 5.41 Å². The fraction of sp³-hybridized carbons (Fsp3) is 0.571. The minimum Gasteiger partial charge on any atom is -0.384 e. The zero-order valence-corrected chi connectivity index (χ0v) is 10.2. The van der Waals surface area contributed by atoms with Gasteiger partial charge < -0.3 is 5.32 Å². The van der Waals surface area contributed by atoms with Gasteiger partial charge in [-0.25, -0.2) is 0 Å². The van der Waals surface area contributed by atoms with Gasteiger partial charge in [0.2, 0.25) is 0 Å². The molecule has 1 heteroatoms. The molecule has 0 amide bonds. The molecule has 0 saturated heterocycles. The normalized spacial score (nSPS) is 14.6. The maximum Gasteiger partial charge on any atom is 0.0340 e. The molecule has 0 aliphatic rings. The van der Waals surface area contributed by atoms with Crippen LogP contribution in [-0.4, -0.2) is 6.54 Å². The minimum atomic E-state index is 0. The fourth-order valence-corrected chi connectivity index (χ4v) is 1.87. The maximum absolute atomic E-state index is 3.52. The van der Waals surface area contributed by atoms with Crippen molar-refractivity contribution in [2.45, 2.75) is 40.0 Å². The first-order valence-electron chi connectivity index (χ1n) is 5.99. The lowest BCUT2D eigenvalue weighted by Gasteiger charge is -2.28. The van der Waals surface area contributed by atoms with E-state index >= 15 is 0 Å². The highest BCUT2D eigenvalue weighted by Crippen LogP contribution is 2.27. The van der Waals surface area contributed by atoms with Crippen molar-refractivity contribution in [2.75, 3.05) is 11.9 Å².